The minimum Gasteiger partial charge on any atom is -0.748 e. The summed E-state index contributed by atoms with van der Waals surface area (Å²) in [4.78, 5) is 0. The van der Waals surface area contributed by atoms with E-state index in [2.05, 4.69) is 42.9 Å². The number of rotatable bonds is 8. The molecular weight excluding hydrogens is 286 g/mol. The van der Waals surface area contributed by atoms with Gasteiger partial charge in [-0.25, -0.2) is 13.0 Å². The SMILES string of the molecule is CCCCCC[n+]1ccc(CCCC)cc1.CS(=O)(=O)[O-]. The minimum absolute atomic E-state index is 0.604. The zero-order chi connectivity index (χ0) is 16.1. The molecule has 0 saturated heterocycles. The second kappa shape index (κ2) is 11.7. The molecular formula is C16H29NO3S. The molecule has 0 aliphatic carbocycles. The van der Waals surface area contributed by atoms with Gasteiger partial charge in [0.2, 0.25) is 0 Å². The number of nitrogens with zero attached hydrogens (tertiary/aromatic N) is 1. The maximum absolute atomic E-state index is 9.08. The van der Waals surface area contributed by atoms with Crippen molar-refractivity contribution in [3.63, 3.8) is 0 Å². The molecule has 0 fully saturated rings. The van der Waals surface area contributed by atoms with Crippen molar-refractivity contribution >= 4 is 10.1 Å². The van der Waals surface area contributed by atoms with E-state index in [1.54, 1.807) is 0 Å². The minimum atomic E-state index is -3.92. The van der Waals surface area contributed by atoms with E-state index in [0.29, 0.717) is 6.26 Å². The molecule has 1 aromatic heterocycles. The van der Waals surface area contributed by atoms with Gasteiger partial charge >= 0.3 is 0 Å². The van der Waals surface area contributed by atoms with Crippen molar-refractivity contribution in [1.29, 1.82) is 0 Å². The van der Waals surface area contributed by atoms with Gasteiger partial charge in [-0.2, -0.15) is 0 Å². The molecule has 1 rings (SSSR count). The van der Waals surface area contributed by atoms with Gasteiger partial charge in [0, 0.05) is 24.8 Å². The lowest BCUT2D eigenvalue weighted by Crippen LogP contribution is -2.32. The molecule has 0 unspecified atom stereocenters. The van der Waals surface area contributed by atoms with Crippen LogP contribution in [0.2, 0.25) is 0 Å². The highest BCUT2D eigenvalue weighted by molar-refractivity contribution is 7.84. The molecule has 1 heterocycles. The molecule has 0 bridgehead atoms. The smallest absolute Gasteiger partial charge is 0.169 e. The number of aromatic nitrogens is 1. The average Bonchev–Trinajstić information content (AvgIpc) is 2.41. The molecule has 122 valence electrons. The Morgan fingerprint density at radius 1 is 1.00 bits per heavy atom. The Labute approximate surface area is 130 Å². The standard InChI is InChI=1S/C15H26N.CH4O3S/c1-3-5-7-8-12-16-13-10-15(11-14-16)9-6-4-2;1-5(2,3)4/h10-11,13-14H,3-9,12H2,1-2H3;1H3,(H,2,3,4)/q+1;/p-1. The third kappa shape index (κ3) is 15.3. The summed E-state index contributed by atoms with van der Waals surface area (Å²) >= 11 is 0. The molecule has 21 heavy (non-hydrogen) atoms. The Bertz CT molecular complexity index is 447. The summed E-state index contributed by atoms with van der Waals surface area (Å²) in [5, 5.41) is 0. The number of pyridine rings is 1. The molecule has 0 radical (unpaired) electrons. The van der Waals surface area contributed by atoms with Crippen LogP contribution in [0, 0.1) is 0 Å². The van der Waals surface area contributed by atoms with Gasteiger partial charge in [-0.15, -0.1) is 0 Å². The van der Waals surface area contributed by atoms with Crippen LogP contribution in [0.1, 0.15) is 57.9 Å². The number of hydrogen-bond acceptors (Lipinski definition) is 3. The summed E-state index contributed by atoms with van der Waals surface area (Å²) < 4.78 is 29.5. The van der Waals surface area contributed by atoms with E-state index in [0.717, 1.165) is 0 Å². The lowest BCUT2D eigenvalue weighted by molar-refractivity contribution is -0.697. The molecule has 0 aliphatic rings. The van der Waals surface area contributed by atoms with Crippen molar-refractivity contribution in [3.8, 4) is 0 Å². The Morgan fingerprint density at radius 3 is 2.00 bits per heavy atom. The Balaban J connectivity index is 0.000000690. The van der Waals surface area contributed by atoms with Gasteiger partial charge in [-0.1, -0.05) is 33.1 Å². The summed E-state index contributed by atoms with van der Waals surface area (Å²) in [5.41, 5.74) is 1.48. The van der Waals surface area contributed by atoms with Crippen LogP contribution >= 0.6 is 0 Å². The molecule has 4 nitrogen and oxygen atoms in total. The first-order valence-electron chi connectivity index (χ1n) is 7.75. The fourth-order valence-corrected chi connectivity index (χ4v) is 1.91. The lowest BCUT2D eigenvalue weighted by Gasteiger charge is -2.00. The van der Waals surface area contributed by atoms with Crippen LogP contribution in [0.3, 0.4) is 0 Å². The number of hydrogen-bond donors (Lipinski definition) is 0. The number of aryl methyl sites for hydroxylation is 2. The lowest BCUT2D eigenvalue weighted by atomic mass is 10.1. The zero-order valence-corrected chi connectivity index (χ0v) is 14.4. The third-order valence-electron chi connectivity index (χ3n) is 3.05. The van der Waals surface area contributed by atoms with E-state index in [1.807, 2.05) is 0 Å². The van der Waals surface area contributed by atoms with E-state index in [4.69, 9.17) is 13.0 Å². The first kappa shape index (κ1) is 20.1. The maximum Gasteiger partial charge on any atom is 0.169 e. The molecule has 0 spiro atoms. The van der Waals surface area contributed by atoms with Crippen LogP contribution in [-0.4, -0.2) is 19.2 Å². The van der Waals surface area contributed by atoms with E-state index >= 15 is 0 Å². The monoisotopic (exact) mass is 315 g/mol. The average molecular weight is 315 g/mol. The Kier molecular flexibility index (Phi) is 11.2. The summed E-state index contributed by atoms with van der Waals surface area (Å²) in [6.07, 6.45) is 14.3. The molecule has 0 aromatic carbocycles. The topological polar surface area (TPSA) is 61.1 Å². The third-order valence-corrected chi connectivity index (χ3v) is 3.05. The fraction of sp³-hybridized carbons (Fsp3) is 0.688. The summed E-state index contributed by atoms with van der Waals surface area (Å²) in [5.74, 6) is 0. The fourth-order valence-electron chi connectivity index (χ4n) is 1.91. The van der Waals surface area contributed by atoms with Crippen molar-refractivity contribution in [2.45, 2.75) is 65.3 Å². The summed E-state index contributed by atoms with van der Waals surface area (Å²) in [6.45, 7) is 5.68. The molecule has 1 aromatic rings. The van der Waals surface area contributed by atoms with Crippen molar-refractivity contribution in [2.75, 3.05) is 6.26 Å². The molecule has 0 amide bonds. The predicted octanol–water partition coefficient (Wildman–Crippen LogP) is 3.06. The molecule has 0 N–H and O–H groups in total. The van der Waals surface area contributed by atoms with Crippen LogP contribution < -0.4 is 4.57 Å². The van der Waals surface area contributed by atoms with Crippen LogP contribution in [0.5, 0.6) is 0 Å². The molecule has 0 saturated carbocycles. The van der Waals surface area contributed by atoms with Gasteiger partial charge in [-0.3, -0.25) is 0 Å². The first-order valence-corrected chi connectivity index (χ1v) is 9.57. The maximum atomic E-state index is 9.08. The van der Waals surface area contributed by atoms with Gasteiger partial charge in [0.1, 0.15) is 6.54 Å². The molecule has 0 aliphatic heterocycles. The first-order chi connectivity index (χ1) is 9.86. The van der Waals surface area contributed by atoms with Gasteiger partial charge in [0.25, 0.3) is 0 Å². The highest BCUT2D eigenvalue weighted by Gasteiger charge is 2.00. The van der Waals surface area contributed by atoms with E-state index < -0.39 is 10.1 Å². The van der Waals surface area contributed by atoms with Crippen molar-refractivity contribution in [3.05, 3.63) is 30.1 Å². The van der Waals surface area contributed by atoms with Crippen molar-refractivity contribution < 1.29 is 17.5 Å². The second-order valence-electron chi connectivity index (χ2n) is 5.31. The van der Waals surface area contributed by atoms with Crippen LogP contribution in [-0.2, 0) is 23.1 Å². The quantitative estimate of drug-likeness (QED) is 0.421. The van der Waals surface area contributed by atoms with Gasteiger partial charge < -0.3 is 4.55 Å². The van der Waals surface area contributed by atoms with Crippen LogP contribution in [0.25, 0.3) is 0 Å². The highest BCUT2D eigenvalue weighted by Crippen LogP contribution is 2.03. The van der Waals surface area contributed by atoms with Crippen LogP contribution in [0.15, 0.2) is 24.5 Å². The predicted molar refractivity (Wildman–Crippen MR) is 85.0 cm³/mol. The van der Waals surface area contributed by atoms with Gasteiger partial charge in [-0.05, 0) is 24.8 Å². The van der Waals surface area contributed by atoms with Gasteiger partial charge in [0.05, 0.1) is 10.1 Å². The van der Waals surface area contributed by atoms with Crippen molar-refractivity contribution in [2.24, 2.45) is 0 Å². The second-order valence-corrected chi connectivity index (χ2v) is 6.72. The van der Waals surface area contributed by atoms with Gasteiger partial charge in [0.15, 0.2) is 12.4 Å². The van der Waals surface area contributed by atoms with E-state index in [1.165, 1.54) is 57.1 Å². The Morgan fingerprint density at radius 2 is 1.52 bits per heavy atom. The van der Waals surface area contributed by atoms with E-state index in [-0.39, 0.29) is 0 Å². The normalized spacial score (nSPS) is 10.9. The van der Waals surface area contributed by atoms with Crippen molar-refractivity contribution in [1.82, 2.24) is 0 Å². The molecule has 0 atom stereocenters. The summed E-state index contributed by atoms with van der Waals surface area (Å²) in [7, 11) is -3.92. The number of unbranched alkanes of at least 4 members (excludes halogenated alkanes) is 4. The van der Waals surface area contributed by atoms with E-state index in [9.17, 15) is 0 Å². The summed E-state index contributed by atoms with van der Waals surface area (Å²) in [6, 6.07) is 4.55. The zero-order valence-electron chi connectivity index (χ0n) is 13.5. The largest absolute Gasteiger partial charge is 0.748 e. The van der Waals surface area contributed by atoms with Crippen LogP contribution in [0.4, 0.5) is 0 Å². The Hall–Kier alpha value is -0.940. The molecule has 5 heteroatoms. The highest BCUT2D eigenvalue weighted by atomic mass is 32.2.